The Kier molecular flexibility index (Phi) is 7.39. The Balaban J connectivity index is 1.74. The number of halogens is 2. The van der Waals surface area contributed by atoms with Gasteiger partial charge < -0.3 is 16.0 Å². The zero-order valence-electron chi connectivity index (χ0n) is 14.0. The van der Waals surface area contributed by atoms with Crippen LogP contribution in [0.3, 0.4) is 0 Å². The third kappa shape index (κ3) is 6.12. The van der Waals surface area contributed by atoms with Crippen molar-refractivity contribution in [2.45, 2.75) is 0 Å². The molecule has 0 unspecified atom stereocenters. The van der Waals surface area contributed by atoms with E-state index < -0.39 is 16.7 Å². The van der Waals surface area contributed by atoms with Crippen molar-refractivity contribution in [2.75, 3.05) is 25.0 Å². The third-order valence-electron chi connectivity index (χ3n) is 3.45. The number of para-hydroxylation sites is 2. The molecule has 0 aliphatic carbocycles. The van der Waals surface area contributed by atoms with Gasteiger partial charge in [0.2, 0.25) is 5.91 Å². The summed E-state index contributed by atoms with van der Waals surface area (Å²) in [5, 5.41) is 19.4. The minimum Gasteiger partial charge on any atom is -0.378 e. The van der Waals surface area contributed by atoms with E-state index in [9.17, 15) is 19.7 Å². The maximum atomic E-state index is 12.0. The summed E-state index contributed by atoms with van der Waals surface area (Å²) in [5.74, 6) is -0.900. The highest BCUT2D eigenvalue weighted by atomic mass is 35.5. The summed E-state index contributed by atoms with van der Waals surface area (Å²) in [6.07, 6.45) is 0. The van der Waals surface area contributed by atoms with Gasteiger partial charge in [-0.25, -0.2) is 0 Å². The molecular weight excluding hydrogens is 395 g/mol. The van der Waals surface area contributed by atoms with E-state index in [1.54, 1.807) is 18.2 Å². The van der Waals surface area contributed by atoms with Gasteiger partial charge in [0.1, 0.15) is 5.69 Å². The number of anilines is 1. The van der Waals surface area contributed by atoms with Crippen molar-refractivity contribution in [1.29, 1.82) is 0 Å². The van der Waals surface area contributed by atoms with Gasteiger partial charge in [-0.2, -0.15) is 0 Å². The molecule has 0 heterocycles. The zero-order valence-corrected chi connectivity index (χ0v) is 15.5. The van der Waals surface area contributed by atoms with E-state index in [4.69, 9.17) is 23.2 Å². The molecule has 0 saturated heterocycles. The van der Waals surface area contributed by atoms with Crippen molar-refractivity contribution in [3.63, 3.8) is 0 Å². The van der Waals surface area contributed by atoms with Crippen molar-refractivity contribution in [2.24, 2.45) is 0 Å². The quantitative estimate of drug-likeness (QED) is 0.351. The van der Waals surface area contributed by atoms with Gasteiger partial charge in [-0.15, -0.1) is 0 Å². The van der Waals surface area contributed by atoms with Gasteiger partial charge in [0, 0.05) is 24.2 Å². The van der Waals surface area contributed by atoms with Crippen LogP contribution in [0.4, 0.5) is 11.4 Å². The van der Waals surface area contributed by atoms with Crippen LogP contribution in [0.15, 0.2) is 42.5 Å². The number of hydrogen-bond acceptors (Lipinski definition) is 5. The maximum absolute atomic E-state index is 12.0. The highest BCUT2D eigenvalue weighted by Gasteiger charge is 2.13. The lowest BCUT2D eigenvalue weighted by molar-refractivity contribution is -0.384. The van der Waals surface area contributed by atoms with E-state index in [0.29, 0.717) is 10.7 Å². The summed E-state index contributed by atoms with van der Waals surface area (Å²) >= 11 is 11.7. The van der Waals surface area contributed by atoms with Crippen LogP contribution in [0.25, 0.3) is 0 Å². The van der Waals surface area contributed by atoms with Crippen LogP contribution in [0.1, 0.15) is 10.4 Å². The van der Waals surface area contributed by atoms with E-state index in [2.05, 4.69) is 16.0 Å². The molecule has 0 atom stereocenters. The summed E-state index contributed by atoms with van der Waals surface area (Å²) < 4.78 is 0. The van der Waals surface area contributed by atoms with Gasteiger partial charge in [-0.3, -0.25) is 19.7 Å². The Bertz CT molecular complexity index is 861. The van der Waals surface area contributed by atoms with Crippen LogP contribution in [0.5, 0.6) is 0 Å². The average molecular weight is 411 g/mol. The number of rotatable bonds is 8. The minimum absolute atomic E-state index is 0.0454. The number of nitro benzene ring substituents is 1. The van der Waals surface area contributed by atoms with E-state index >= 15 is 0 Å². The molecule has 3 N–H and O–H groups in total. The molecular formula is C17H16Cl2N4O4. The Hall–Kier alpha value is -2.84. The number of hydrogen-bond donors (Lipinski definition) is 3. The second-order valence-electron chi connectivity index (χ2n) is 5.36. The molecule has 0 saturated carbocycles. The first-order valence-electron chi connectivity index (χ1n) is 7.85. The van der Waals surface area contributed by atoms with Gasteiger partial charge in [-0.1, -0.05) is 35.3 Å². The predicted octanol–water partition coefficient (Wildman–Crippen LogP) is 2.86. The van der Waals surface area contributed by atoms with Gasteiger partial charge in [0.15, 0.2) is 0 Å². The zero-order chi connectivity index (χ0) is 19.8. The third-order valence-corrected chi connectivity index (χ3v) is 4.00. The molecule has 10 heteroatoms. The van der Waals surface area contributed by atoms with Crippen LogP contribution >= 0.6 is 23.2 Å². The molecule has 0 bridgehead atoms. The number of nitrogens with one attached hydrogen (secondary N) is 3. The van der Waals surface area contributed by atoms with E-state index in [-0.39, 0.29) is 35.9 Å². The molecule has 27 heavy (non-hydrogen) atoms. The number of amides is 2. The molecule has 0 aliphatic rings. The van der Waals surface area contributed by atoms with Gasteiger partial charge >= 0.3 is 0 Å². The van der Waals surface area contributed by atoms with Crippen molar-refractivity contribution < 1.29 is 14.5 Å². The maximum Gasteiger partial charge on any atom is 0.292 e. The van der Waals surface area contributed by atoms with Gasteiger partial charge in [0.25, 0.3) is 11.6 Å². The molecule has 0 aliphatic heterocycles. The number of carbonyl (C=O) groups excluding carboxylic acids is 2. The lowest BCUT2D eigenvalue weighted by atomic mass is 10.2. The number of carbonyl (C=O) groups is 2. The molecule has 0 fully saturated rings. The highest BCUT2D eigenvalue weighted by molar-refractivity contribution is 6.36. The Morgan fingerprint density at radius 1 is 1.04 bits per heavy atom. The van der Waals surface area contributed by atoms with Crippen LogP contribution in [-0.4, -0.2) is 36.4 Å². The average Bonchev–Trinajstić information content (AvgIpc) is 2.63. The molecule has 2 amide bonds. The number of nitrogens with zero attached hydrogens (tertiary/aromatic N) is 1. The van der Waals surface area contributed by atoms with E-state index in [0.717, 1.165) is 0 Å². The first-order valence-corrected chi connectivity index (χ1v) is 8.61. The summed E-state index contributed by atoms with van der Waals surface area (Å²) in [4.78, 5) is 34.2. The van der Waals surface area contributed by atoms with Crippen LogP contribution in [0.2, 0.25) is 10.0 Å². The van der Waals surface area contributed by atoms with Crippen molar-refractivity contribution >= 4 is 46.4 Å². The molecule has 2 aromatic rings. The SMILES string of the molecule is O=C(CNC(=O)c1ccc(Cl)cc1Cl)NCCNc1ccccc1[N+](=O)[O-]. The predicted molar refractivity (Wildman–Crippen MR) is 103 cm³/mol. The van der Waals surface area contributed by atoms with Gasteiger partial charge in [0.05, 0.1) is 22.1 Å². The smallest absolute Gasteiger partial charge is 0.292 e. The molecule has 0 radical (unpaired) electrons. The molecule has 142 valence electrons. The van der Waals surface area contributed by atoms with E-state index in [1.165, 1.54) is 24.3 Å². The first-order chi connectivity index (χ1) is 12.9. The van der Waals surface area contributed by atoms with Crippen LogP contribution in [-0.2, 0) is 4.79 Å². The van der Waals surface area contributed by atoms with Crippen LogP contribution < -0.4 is 16.0 Å². The first kappa shape index (κ1) is 20.5. The fourth-order valence-electron chi connectivity index (χ4n) is 2.17. The lowest BCUT2D eigenvalue weighted by Crippen LogP contribution is -2.38. The van der Waals surface area contributed by atoms with Crippen molar-refractivity contribution in [1.82, 2.24) is 10.6 Å². The Morgan fingerprint density at radius 2 is 1.78 bits per heavy atom. The monoisotopic (exact) mass is 410 g/mol. The van der Waals surface area contributed by atoms with Crippen molar-refractivity contribution in [3.8, 4) is 0 Å². The van der Waals surface area contributed by atoms with E-state index in [1.807, 2.05) is 0 Å². The molecule has 0 aromatic heterocycles. The topological polar surface area (TPSA) is 113 Å². The lowest BCUT2D eigenvalue weighted by Gasteiger charge is -2.09. The summed E-state index contributed by atoms with van der Waals surface area (Å²) in [5.41, 5.74) is 0.533. The molecule has 2 rings (SSSR count). The molecule has 0 spiro atoms. The summed E-state index contributed by atoms with van der Waals surface area (Å²) in [7, 11) is 0. The van der Waals surface area contributed by atoms with Crippen molar-refractivity contribution in [3.05, 3.63) is 68.2 Å². The van der Waals surface area contributed by atoms with Crippen LogP contribution in [0, 0.1) is 10.1 Å². The molecule has 2 aromatic carbocycles. The normalized spacial score (nSPS) is 10.1. The second-order valence-corrected chi connectivity index (χ2v) is 6.20. The minimum atomic E-state index is -0.496. The fraction of sp³-hybridized carbons (Fsp3) is 0.176. The number of nitro groups is 1. The highest BCUT2D eigenvalue weighted by Crippen LogP contribution is 2.22. The standard InChI is InChI=1S/C17H16Cl2N4O4/c18-11-5-6-12(13(19)9-11)17(25)22-10-16(24)21-8-7-20-14-3-1-2-4-15(14)23(26)27/h1-6,9,20H,7-8,10H2,(H,21,24)(H,22,25). The fourth-order valence-corrected chi connectivity index (χ4v) is 2.67. The summed E-state index contributed by atoms with van der Waals surface area (Å²) in [6.45, 7) is 0.277. The summed E-state index contributed by atoms with van der Waals surface area (Å²) in [6, 6.07) is 10.6. The second kappa shape index (κ2) is 9.75. The Labute approximate surface area is 165 Å². The largest absolute Gasteiger partial charge is 0.378 e. The Morgan fingerprint density at radius 3 is 2.48 bits per heavy atom. The number of benzene rings is 2. The molecule has 8 nitrogen and oxygen atoms in total. The van der Waals surface area contributed by atoms with Gasteiger partial charge in [-0.05, 0) is 24.3 Å².